The number of pyridine rings is 1. The number of aliphatic hydroxyl groups excluding tert-OH is 1. The lowest BCUT2D eigenvalue weighted by molar-refractivity contribution is 0.0946. The summed E-state index contributed by atoms with van der Waals surface area (Å²) in [6.45, 7) is 0.127. The van der Waals surface area contributed by atoms with Gasteiger partial charge >= 0.3 is 0 Å². The van der Waals surface area contributed by atoms with Crippen LogP contribution in [0.25, 0.3) is 22.2 Å². The van der Waals surface area contributed by atoms with Crippen LogP contribution < -0.4 is 5.32 Å². The van der Waals surface area contributed by atoms with E-state index in [1.54, 1.807) is 16.9 Å². The molecule has 0 aliphatic carbocycles. The van der Waals surface area contributed by atoms with E-state index in [1.807, 2.05) is 37.5 Å². The lowest BCUT2D eigenvalue weighted by Crippen LogP contribution is -2.26. The molecule has 3 rings (SSSR count). The van der Waals surface area contributed by atoms with Crippen molar-refractivity contribution in [2.24, 2.45) is 7.05 Å². The molecule has 2 N–H and O–H groups in total. The molecule has 0 unspecified atom stereocenters. The maximum Gasteiger partial charge on any atom is 0.252 e. The molecular weight excluding hydrogens is 280 g/mol. The van der Waals surface area contributed by atoms with Gasteiger partial charge < -0.3 is 10.4 Å². The molecule has 1 aromatic carbocycles. The van der Waals surface area contributed by atoms with E-state index in [1.165, 1.54) is 0 Å². The van der Waals surface area contributed by atoms with Crippen LogP contribution >= 0.6 is 0 Å². The van der Waals surface area contributed by atoms with E-state index in [4.69, 9.17) is 5.11 Å². The second-order valence-corrected chi connectivity index (χ2v) is 4.95. The normalized spacial score (nSPS) is 10.8. The molecule has 0 saturated heterocycles. The second kappa shape index (κ2) is 5.95. The van der Waals surface area contributed by atoms with E-state index < -0.39 is 0 Å². The molecule has 2 aromatic heterocycles. The minimum absolute atomic E-state index is 0.0930. The SMILES string of the molecule is Cn1cc(-c2cc(C(=O)NCCO)c3ccccc3n2)cn1. The number of amides is 1. The Balaban J connectivity index is 2.14. The number of carbonyl (C=O) groups excluding carboxylic acids is 1. The van der Waals surface area contributed by atoms with Crippen molar-refractivity contribution in [3.05, 3.63) is 48.3 Å². The van der Waals surface area contributed by atoms with Crippen LogP contribution in [0.5, 0.6) is 0 Å². The Labute approximate surface area is 127 Å². The zero-order valence-electron chi connectivity index (χ0n) is 12.2. The summed E-state index contributed by atoms with van der Waals surface area (Å²) in [6, 6.07) is 9.25. The minimum Gasteiger partial charge on any atom is -0.395 e. The first kappa shape index (κ1) is 14.2. The molecule has 0 aliphatic heterocycles. The molecule has 0 aliphatic rings. The highest BCUT2D eigenvalue weighted by atomic mass is 16.3. The summed E-state index contributed by atoms with van der Waals surface area (Å²) in [5, 5.41) is 16.5. The van der Waals surface area contributed by atoms with Crippen molar-refractivity contribution in [1.29, 1.82) is 0 Å². The molecule has 0 atom stereocenters. The van der Waals surface area contributed by atoms with E-state index in [2.05, 4.69) is 15.4 Å². The molecule has 3 aromatic rings. The van der Waals surface area contributed by atoms with E-state index >= 15 is 0 Å². The number of aliphatic hydroxyl groups is 1. The summed E-state index contributed by atoms with van der Waals surface area (Å²) < 4.78 is 1.69. The fraction of sp³-hybridized carbons (Fsp3) is 0.188. The number of aryl methyl sites for hydroxylation is 1. The van der Waals surface area contributed by atoms with Gasteiger partial charge in [0.25, 0.3) is 5.91 Å². The monoisotopic (exact) mass is 296 g/mol. The molecule has 22 heavy (non-hydrogen) atoms. The lowest BCUT2D eigenvalue weighted by atomic mass is 10.1. The van der Waals surface area contributed by atoms with Gasteiger partial charge in [-0.3, -0.25) is 9.48 Å². The van der Waals surface area contributed by atoms with Crippen LogP contribution in [0.3, 0.4) is 0 Å². The summed E-state index contributed by atoms with van der Waals surface area (Å²) in [5.74, 6) is -0.224. The highest BCUT2D eigenvalue weighted by Crippen LogP contribution is 2.24. The van der Waals surface area contributed by atoms with E-state index in [0.29, 0.717) is 11.3 Å². The smallest absolute Gasteiger partial charge is 0.252 e. The van der Waals surface area contributed by atoms with Crippen molar-refractivity contribution >= 4 is 16.8 Å². The zero-order valence-corrected chi connectivity index (χ0v) is 12.2. The topological polar surface area (TPSA) is 80.0 Å². The third-order valence-corrected chi connectivity index (χ3v) is 3.36. The van der Waals surface area contributed by atoms with Crippen molar-refractivity contribution in [1.82, 2.24) is 20.1 Å². The van der Waals surface area contributed by atoms with Gasteiger partial charge in [0.15, 0.2) is 0 Å². The third-order valence-electron chi connectivity index (χ3n) is 3.36. The van der Waals surface area contributed by atoms with Crippen molar-refractivity contribution in [3.8, 4) is 11.3 Å². The van der Waals surface area contributed by atoms with Crippen LogP contribution in [0.2, 0.25) is 0 Å². The maximum absolute atomic E-state index is 12.3. The summed E-state index contributed by atoms with van der Waals surface area (Å²) in [6.07, 6.45) is 3.57. The van der Waals surface area contributed by atoms with Gasteiger partial charge in [-0.1, -0.05) is 18.2 Å². The van der Waals surface area contributed by atoms with E-state index in [-0.39, 0.29) is 19.1 Å². The highest BCUT2D eigenvalue weighted by molar-refractivity contribution is 6.07. The van der Waals surface area contributed by atoms with Crippen molar-refractivity contribution in [2.75, 3.05) is 13.2 Å². The summed E-state index contributed by atoms with van der Waals surface area (Å²) >= 11 is 0. The van der Waals surface area contributed by atoms with Crippen LogP contribution in [0.4, 0.5) is 0 Å². The first-order chi connectivity index (χ1) is 10.7. The fourth-order valence-electron chi connectivity index (χ4n) is 2.33. The van der Waals surface area contributed by atoms with Crippen LogP contribution in [-0.4, -0.2) is 38.9 Å². The zero-order chi connectivity index (χ0) is 15.5. The highest BCUT2D eigenvalue weighted by Gasteiger charge is 2.14. The molecule has 0 saturated carbocycles. The Morgan fingerprint density at radius 3 is 2.91 bits per heavy atom. The van der Waals surface area contributed by atoms with Crippen LogP contribution in [-0.2, 0) is 7.05 Å². The summed E-state index contributed by atoms with van der Waals surface area (Å²) in [4.78, 5) is 16.9. The van der Waals surface area contributed by atoms with Gasteiger partial charge in [0.05, 0.1) is 29.6 Å². The number of hydrogen-bond acceptors (Lipinski definition) is 4. The van der Waals surface area contributed by atoms with Gasteiger partial charge in [-0.25, -0.2) is 4.98 Å². The number of aromatic nitrogens is 3. The Morgan fingerprint density at radius 1 is 1.36 bits per heavy atom. The molecular formula is C16H16N4O2. The number of benzene rings is 1. The number of nitrogens with one attached hydrogen (secondary N) is 1. The third kappa shape index (κ3) is 2.68. The molecule has 0 bridgehead atoms. The average Bonchev–Trinajstić information content (AvgIpc) is 2.98. The quantitative estimate of drug-likeness (QED) is 0.762. The maximum atomic E-state index is 12.3. The van der Waals surface area contributed by atoms with Gasteiger partial charge in [-0.05, 0) is 12.1 Å². The standard InChI is InChI=1S/C16H16N4O2/c1-20-10-11(9-18-20)15-8-13(16(22)17-6-7-21)12-4-2-3-5-14(12)19-15/h2-5,8-10,21H,6-7H2,1H3,(H,17,22). The Morgan fingerprint density at radius 2 is 2.18 bits per heavy atom. The number of fused-ring (bicyclic) bond motifs is 1. The largest absolute Gasteiger partial charge is 0.395 e. The molecule has 6 nitrogen and oxygen atoms in total. The van der Waals surface area contributed by atoms with E-state index in [0.717, 1.165) is 16.5 Å². The molecule has 112 valence electrons. The van der Waals surface area contributed by atoms with Crippen molar-refractivity contribution in [2.45, 2.75) is 0 Å². The Bertz CT molecular complexity index is 826. The van der Waals surface area contributed by atoms with Crippen molar-refractivity contribution < 1.29 is 9.90 Å². The average molecular weight is 296 g/mol. The van der Waals surface area contributed by atoms with Gasteiger partial charge in [-0.2, -0.15) is 5.10 Å². The van der Waals surface area contributed by atoms with Crippen LogP contribution in [0.1, 0.15) is 10.4 Å². The fourth-order valence-corrected chi connectivity index (χ4v) is 2.33. The molecule has 2 heterocycles. The van der Waals surface area contributed by atoms with Crippen LogP contribution in [0.15, 0.2) is 42.7 Å². The summed E-state index contributed by atoms with van der Waals surface area (Å²) in [7, 11) is 1.83. The number of carbonyl (C=O) groups is 1. The Hall–Kier alpha value is -2.73. The van der Waals surface area contributed by atoms with Gasteiger partial charge in [0.2, 0.25) is 0 Å². The minimum atomic E-state index is -0.224. The van der Waals surface area contributed by atoms with Crippen LogP contribution in [0, 0.1) is 0 Å². The molecule has 6 heteroatoms. The van der Waals surface area contributed by atoms with Gasteiger partial charge in [0, 0.05) is 30.7 Å². The second-order valence-electron chi connectivity index (χ2n) is 4.95. The number of hydrogen-bond donors (Lipinski definition) is 2. The number of rotatable bonds is 4. The molecule has 0 radical (unpaired) electrons. The van der Waals surface area contributed by atoms with E-state index in [9.17, 15) is 4.79 Å². The first-order valence-electron chi connectivity index (χ1n) is 6.97. The van der Waals surface area contributed by atoms with Gasteiger partial charge in [-0.15, -0.1) is 0 Å². The lowest BCUT2D eigenvalue weighted by Gasteiger charge is -2.09. The Kier molecular flexibility index (Phi) is 3.84. The predicted octanol–water partition coefficient (Wildman–Crippen LogP) is 1.36. The van der Waals surface area contributed by atoms with Crippen molar-refractivity contribution in [3.63, 3.8) is 0 Å². The predicted molar refractivity (Wildman–Crippen MR) is 83.4 cm³/mol. The molecule has 0 spiro atoms. The van der Waals surface area contributed by atoms with Gasteiger partial charge in [0.1, 0.15) is 0 Å². The summed E-state index contributed by atoms with van der Waals surface area (Å²) in [5.41, 5.74) is 2.83. The number of nitrogens with zero attached hydrogens (tertiary/aromatic N) is 3. The molecule has 1 amide bonds. The molecule has 0 fully saturated rings. The first-order valence-corrected chi connectivity index (χ1v) is 6.97. The number of para-hydroxylation sites is 1.